The third-order valence-corrected chi connectivity index (χ3v) is 2.46. The molecule has 6 heteroatoms. The molecule has 2 aromatic rings. The van der Waals surface area contributed by atoms with E-state index >= 15 is 0 Å². The van der Waals surface area contributed by atoms with Crippen molar-refractivity contribution in [3.05, 3.63) is 30.1 Å². The van der Waals surface area contributed by atoms with Gasteiger partial charge in [0, 0.05) is 0 Å². The maximum Gasteiger partial charge on any atom is 0.170 e. The highest BCUT2D eigenvalue weighted by Crippen LogP contribution is 2.15. The predicted octanol–water partition coefficient (Wildman–Crippen LogP) is 1.17. The van der Waals surface area contributed by atoms with Crippen LogP contribution >= 0.6 is 0 Å². The molecule has 0 aliphatic heterocycles. The monoisotopic (exact) mass is 247 g/mol. The van der Waals surface area contributed by atoms with Gasteiger partial charge in [0.2, 0.25) is 0 Å². The van der Waals surface area contributed by atoms with Gasteiger partial charge >= 0.3 is 0 Å². The van der Waals surface area contributed by atoms with Crippen molar-refractivity contribution in [2.75, 3.05) is 13.2 Å². The molecule has 0 atom stereocenters. The van der Waals surface area contributed by atoms with E-state index in [9.17, 15) is 0 Å². The van der Waals surface area contributed by atoms with Crippen LogP contribution in [0.2, 0.25) is 0 Å². The van der Waals surface area contributed by atoms with E-state index in [4.69, 9.17) is 4.74 Å². The molecule has 1 heterocycles. The van der Waals surface area contributed by atoms with Crippen LogP contribution in [0.4, 0.5) is 0 Å². The number of hydrogen-bond donors (Lipinski definition) is 1. The van der Waals surface area contributed by atoms with E-state index in [1.165, 1.54) is 0 Å². The third kappa shape index (κ3) is 2.84. The van der Waals surface area contributed by atoms with E-state index < -0.39 is 0 Å². The molecule has 0 amide bonds. The van der Waals surface area contributed by atoms with E-state index in [0.29, 0.717) is 13.2 Å². The summed E-state index contributed by atoms with van der Waals surface area (Å²) < 4.78 is 7.12. The minimum absolute atomic E-state index is 0.650. The largest absolute Gasteiger partial charge is 0.494 e. The van der Waals surface area contributed by atoms with Crippen LogP contribution in [0.15, 0.2) is 24.3 Å². The first kappa shape index (κ1) is 12.5. The fourth-order valence-electron chi connectivity index (χ4n) is 1.60. The molecule has 0 saturated heterocycles. The van der Waals surface area contributed by atoms with Gasteiger partial charge in [-0.05, 0) is 48.2 Å². The molecule has 1 aromatic carbocycles. The minimum atomic E-state index is 0.650. The zero-order chi connectivity index (χ0) is 12.8. The van der Waals surface area contributed by atoms with Crippen LogP contribution in [0.5, 0.6) is 5.75 Å². The second kappa shape index (κ2) is 6.11. The summed E-state index contributed by atoms with van der Waals surface area (Å²) in [4.78, 5) is 0. The first-order valence-corrected chi connectivity index (χ1v) is 6.06. The predicted molar refractivity (Wildman–Crippen MR) is 67.7 cm³/mol. The van der Waals surface area contributed by atoms with Gasteiger partial charge in [0.15, 0.2) is 5.82 Å². The Morgan fingerprint density at radius 1 is 1.22 bits per heavy atom. The number of hydrogen-bond acceptors (Lipinski definition) is 5. The van der Waals surface area contributed by atoms with Gasteiger partial charge in [-0.2, -0.15) is 4.68 Å². The maximum absolute atomic E-state index is 5.40. The lowest BCUT2D eigenvalue weighted by Crippen LogP contribution is -2.16. The molecule has 0 unspecified atom stereocenters. The van der Waals surface area contributed by atoms with Crippen molar-refractivity contribution in [2.45, 2.75) is 20.4 Å². The lowest BCUT2D eigenvalue weighted by atomic mass is 10.3. The molecule has 1 aromatic heterocycles. The van der Waals surface area contributed by atoms with Gasteiger partial charge in [-0.15, -0.1) is 5.10 Å². The second-order valence-electron chi connectivity index (χ2n) is 3.71. The zero-order valence-electron chi connectivity index (χ0n) is 10.6. The quantitative estimate of drug-likeness (QED) is 0.830. The molecular weight excluding hydrogens is 230 g/mol. The molecule has 2 rings (SSSR count). The van der Waals surface area contributed by atoms with E-state index in [2.05, 4.69) is 20.8 Å². The normalized spacial score (nSPS) is 10.6. The van der Waals surface area contributed by atoms with Gasteiger partial charge in [-0.1, -0.05) is 6.92 Å². The summed E-state index contributed by atoms with van der Waals surface area (Å²) in [6, 6.07) is 7.71. The Bertz CT molecular complexity index is 479. The van der Waals surface area contributed by atoms with Gasteiger partial charge in [-0.25, -0.2) is 0 Å². The summed E-state index contributed by atoms with van der Waals surface area (Å²) in [7, 11) is 0. The number of aromatic nitrogens is 4. The van der Waals surface area contributed by atoms with Crippen LogP contribution in [0.3, 0.4) is 0 Å². The smallest absolute Gasteiger partial charge is 0.170 e. The van der Waals surface area contributed by atoms with Crippen molar-refractivity contribution in [2.24, 2.45) is 0 Å². The average Bonchev–Trinajstić information content (AvgIpc) is 2.86. The third-order valence-electron chi connectivity index (χ3n) is 2.46. The first-order chi connectivity index (χ1) is 8.85. The van der Waals surface area contributed by atoms with Crippen molar-refractivity contribution in [3.8, 4) is 11.4 Å². The first-order valence-electron chi connectivity index (χ1n) is 6.06. The van der Waals surface area contributed by atoms with Crippen LogP contribution in [-0.2, 0) is 6.54 Å². The molecule has 0 bridgehead atoms. The summed E-state index contributed by atoms with van der Waals surface area (Å²) in [5, 5.41) is 14.9. The molecule has 0 aliphatic carbocycles. The molecular formula is C12H17N5O. The van der Waals surface area contributed by atoms with Gasteiger partial charge in [0.05, 0.1) is 18.8 Å². The Labute approximate surface area is 106 Å². The Balaban J connectivity index is 2.17. The molecule has 0 fully saturated rings. The fraction of sp³-hybridized carbons (Fsp3) is 0.417. The maximum atomic E-state index is 5.40. The second-order valence-corrected chi connectivity index (χ2v) is 3.71. The lowest BCUT2D eigenvalue weighted by molar-refractivity contribution is 0.340. The standard InChI is InChI=1S/C12H17N5O/c1-3-13-9-12-14-15-16-17(12)10-5-7-11(8-6-10)18-4-2/h5-8,13H,3-4,9H2,1-2H3. The van der Waals surface area contributed by atoms with Gasteiger partial charge in [-0.3, -0.25) is 0 Å². The molecule has 0 aliphatic rings. The van der Waals surface area contributed by atoms with E-state index in [1.807, 2.05) is 38.1 Å². The molecule has 6 nitrogen and oxygen atoms in total. The van der Waals surface area contributed by atoms with Crippen molar-refractivity contribution < 1.29 is 4.74 Å². The van der Waals surface area contributed by atoms with Crippen LogP contribution in [0.1, 0.15) is 19.7 Å². The number of benzene rings is 1. The van der Waals surface area contributed by atoms with Crippen LogP contribution in [0.25, 0.3) is 5.69 Å². The number of tetrazole rings is 1. The van der Waals surface area contributed by atoms with Gasteiger partial charge in [0.1, 0.15) is 5.75 Å². The van der Waals surface area contributed by atoms with Gasteiger partial charge in [0.25, 0.3) is 0 Å². The molecule has 1 N–H and O–H groups in total. The summed E-state index contributed by atoms with van der Waals surface area (Å²) in [5.41, 5.74) is 0.927. The SMILES string of the molecule is CCNCc1nnnn1-c1ccc(OCC)cc1. The highest BCUT2D eigenvalue weighted by atomic mass is 16.5. The van der Waals surface area contributed by atoms with E-state index in [0.717, 1.165) is 23.8 Å². The molecule has 18 heavy (non-hydrogen) atoms. The Kier molecular flexibility index (Phi) is 4.25. The Hall–Kier alpha value is -1.95. The summed E-state index contributed by atoms with van der Waals surface area (Å²) in [5.74, 6) is 1.64. The summed E-state index contributed by atoms with van der Waals surface area (Å²) in [6.07, 6.45) is 0. The topological polar surface area (TPSA) is 64.9 Å². The van der Waals surface area contributed by atoms with E-state index in [-0.39, 0.29) is 0 Å². The summed E-state index contributed by atoms with van der Waals surface area (Å²) in [6.45, 7) is 6.21. The van der Waals surface area contributed by atoms with Crippen LogP contribution in [-0.4, -0.2) is 33.4 Å². The number of nitrogens with one attached hydrogen (secondary N) is 1. The van der Waals surface area contributed by atoms with Crippen molar-refractivity contribution in [1.82, 2.24) is 25.5 Å². The number of rotatable bonds is 6. The Morgan fingerprint density at radius 3 is 2.67 bits per heavy atom. The minimum Gasteiger partial charge on any atom is -0.494 e. The van der Waals surface area contributed by atoms with Crippen molar-refractivity contribution in [3.63, 3.8) is 0 Å². The zero-order valence-corrected chi connectivity index (χ0v) is 10.6. The molecule has 0 radical (unpaired) electrons. The van der Waals surface area contributed by atoms with E-state index in [1.54, 1.807) is 4.68 Å². The van der Waals surface area contributed by atoms with Crippen LogP contribution < -0.4 is 10.1 Å². The van der Waals surface area contributed by atoms with Crippen molar-refractivity contribution >= 4 is 0 Å². The molecule has 0 spiro atoms. The Morgan fingerprint density at radius 2 is 2.00 bits per heavy atom. The molecule has 0 saturated carbocycles. The number of ether oxygens (including phenoxy) is 1. The fourth-order valence-corrected chi connectivity index (χ4v) is 1.60. The number of nitrogens with zero attached hydrogens (tertiary/aromatic N) is 4. The summed E-state index contributed by atoms with van der Waals surface area (Å²) >= 11 is 0. The van der Waals surface area contributed by atoms with Crippen LogP contribution in [0, 0.1) is 0 Å². The highest BCUT2D eigenvalue weighted by Gasteiger charge is 2.07. The molecule has 96 valence electrons. The highest BCUT2D eigenvalue weighted by molar-refractivity contribution is 5.36. The van der Waals surface area contributed by atoms with Gasteiger partial charge < -0.3 is 10.1 Å². The average molecular weight is 247 g/mol. The van der Waals surface area contributed by atoms with Crippen molar-refractivity contribution in [1.29, 1.82) is 0 Å². The lowest BCUT2D eigenvalue weighted by Gasteiger charge is -2.06.